The van der Waals surface area contributed by atoms with Crippen molar-refractivity contribution in [1.29, 1.82) is 0 Å². The van der Waals surface area contributed by atoms with E-state index in [2.05, 4.69) is 43.5 Å². The number of hydrogen-bond donors (Lipinski definition) is 5. The van der Waals surface area contributed by atoms with Crippen LogP contribution in [0.2, 0.25) is 0 Å². The Hall–Kier alpha value is -1.32. The van der Waals surface area contributed by atoms with Crippen LogP contribution in [0.25, 0.3) is 0 Å². The van der Waals surface area contributed by atoms with Crippen LogP contribution in [0.3, 0.4) is 0 Å². The Labute approximate surface area is 370 Å². The molecule has 0 aromatic rings. The average molecular weight is 869 g/mol. The third-order valence-electron chi connectivity index (χ3n) is 11.3. The van der Waals surface area contributed by atoms with E-state index in [9.17, 15) is 24.5 Å². The number of nitrogens with two attached hydrogens (primary N) is 1. The fourth-order valence-corrected chi connectivity index (χ4v) is 8.20. The fraction of sp³-hybridized carbons (Fsp3) is 0.860. The van der Waals surface area contributed by atoms with Gasteiger partial charge in [-0.1, -0.05) is 224 Å². The minimum Gasteiger partial charge on any atom is -0.393 e. The summed E-state index contributed by atoms with van der Waals surface area (Å²) in [6.07, 6.45) is 52.4. The molecule has 0 aliphatic rings. The second-order valence-electron chi connectivity index (χ2n) is 17.2. The number of aliphatic hydroxyl groups excluding tert-OH is 2. The first-order valence-electron chi connectivity index (χ1n) is 25.2. The van der Waals surface area contributed by atoms with Crippen LogP contribution in [0.4, 0.5) is 0 Å². The largest absolute Gasteiger partial charge is 0.472 e. The van der Waals surface area contributed by atoms with Crippen molar-refractivity contribution in [2.45, 2.75) is 257 Å². The van der Waals surface area contributed by atoms with Crippen LogP contribution in [0.1, 0.15) is 239 Å². The number of unbranched alkanes of at least 4 members (excludes halogenated alkanes) is 29. The number of rotatable bonds is 47. The summed E-state index contributed by atoms with van der Waals surface area (Å²) < 4.78 is 22.1. The zero-order valence-electron chi connectivity index (χ0n) is 39.1. The number of aliphatic hydroxyl groups is 2. The fourth-order valence-electron chi connectivity index (χ4n) is 7.44. The van der Waals surface area contributed by atoms with Gasteiger partial charge in [0.1, 0.15) is 0 Å². The maximum atomic E-state index is 12.9. The third-order valence-corrected chi connectivity index (χ3v) is 12.2. The monoisotopic (exact) mass is 869 g/mol. The Bertz CT molecular complexity index is 1060. The summed E-state index contributed by atoms with van der Waals surface area (Å²) in [5.74, 6) is -0.456. The molecule has 4 unspecified atom stereocenters. The van der Waals surface area contributed by atoms with E-state index in [4.69, 9.17) is 14.8 Å². The van der Waals surface area contributed by atoms with Gasteiger partial charge in [0.25, 0.3) is 0 Å². The number of phosphoric ester groups is 1. The molecule has 0 bridgehead atoms. The maximum absolute atomic E-state index is 12.9. The highest BCUT2D eigenvalue weighted by Gasteiger charge is 2.27. The molecular weight excluding hydrogens is 772 g/mol. The summed E-state index contributed by atoms with van der Waals surface area (Å²) >= 11 is 0. The van der Waals surface area contributed by atoms with Crippen LogP contribution in [-0.2, 0) is 18.4 Å². The zero-order chi connectivity index (χ0) is 44.0. The molecule has 4 atom stereocenters. The first-order chi connectivity index (χ1) is 29.3. The van der Waals surface area contributed by atoms with Crippen molar-refractivity contribution >= 4 is 13.7 Å². The van der Waals surface area contributed by atoms with Gasteiger partial charge in [-0.25, -0.2) is 4.57 Å². The van der Waals surface area contributed by atoms with Crippen LogP contribution in [0.5, 0.6) is 0 Å². The molecule has 0 aromatic heterocycles. The van der Waals surface area contributed by atoms with Crippen molar-refractivity contribution in [3.05, 3.63) is 36.5 Å². The summed E-state index contributed by atoms with van der Waals surface area (Å²) in [4.78, 5) is 22.8. The van der Waals surface area contributed by atoms with Crippen molar-refractivity contribution < 1.29 is 33.5 Å². The summed E-state index contributed by atoms with van der Waals surface area (Å²) in [7, 11) is -4.41. The van der Waals surface area contributed by atoms with Gasteiger partial charge in [-0.15, -0.1) is 0 Å². The molecule has 0 aliphatic carbocycles. The van der Waals surface area contributed by atoms with Crippen LogP contribution >= 0.6 is 7.82 Å². The molecular formula is C50H97N2O7P. The second kappa shape index (κ2) is 45.7. The van der Waals surface area contributed by atoms with E-state index >= 15 is 0 Å². The molecule has 6 N–H and O–H groups in total. The SMILES string of the molecule is CCCCCCCCCCC/C=C/CC/C=C/CC/C=C/C(O)C(COP(=O)(O)OCCN)NC(=O)CC(O)CCCCCCCCCCCCCCCCCCCCC. The van der Waals surface area contributed by atoms with E-state index in [1.165, 1.54) is 161 Å². The van der Waals surface area contributed by atoms with Crippen molar-refractivity contribution in [1.82, 2.24) is 5.32 Å². The molecule has 0 fully saturated rings. The van der Waals surface area contributed by atoms with Gasteiger partial charge in [0.05, 0.1) is 37.9 Å². The van der Waals surface area contributed by atoms with E-state index in [1.54, 1.807) is 6.08 Å². The molecule has 0 spiro atoms. The summed E-state index contributed by atoms with van der Waals surface area (Å²) in [5, 5.41) is 24.1. The lowest BCUT2D eigenvalue weighted by Crippen LogP contribution is -2.46. The lowest BCUT2D eigenvalue weighted by atomic mass is 10.0. The smallest absolute Gasteiger partial charge is 0.393 e. The second-order valence-corrected chi connectivity index (χ2v) is 18.7. The van der Waals surface area contributed by atoms with Gasteiger partial charge in [-0.2, -0.15) is 0 Å². The van der Waals surface area contributed by atoms with E-state index in [0.29, 0.717) is 12.8 Å². The summed E-state index contributed by atoms with van der Waals surface area (Å²) in [6, 6.07) is -1.00. The van der Waals surface area contributed by atoms with Crippen molar-refractivity contribution in [2.75, 3.05) is 19.8 Å². The molecule has 1 amide bonds. The van der Waals surface area contributed by atoms with Crippen molar-refractivity contribution in [3.63, 3.8) is 0 Å². The highest BCUT2D eigenvalue weighted by atomic mass is 31.2. The van der Waals surface area contributed by atoms with Gasteiger partial charge >= 0.3 is 7.82 Å². The normalized spacial score (nSPS) is 14.7. The van der Waals surface area contributed by atoms with Crippen molar-refractivity contribution in [3.8, 4) is 0 Å². The minimum atomic E-state index is -4.41. The van der Waals surface area contributed by atoms with E-state index in [0.717, 1.165) is 44.9 Å². The number of carbonyl (C=O) groups is 1. The van der Waals surface area contributed by atoms with E-state index < -0.39 is 38.6 Å². The molecule has 0 rings (SSSR count). The standard InChI is InChI=1S/C50H97N2O7P/c1-3-5-7-9-11-13-15-17-19-21-23-25-27-29-31-33-35-37-39-41-47(53)45-50(55)52-48(46-59-60(56,57)58-44-43-51)49(54)42-40-38-36-34-32-30-28-26-24-22-20-18-16-14-12-10-8-6-4-2/h24,26,32,34,40,42,47-49,53-54H,3-23,25,27-31,33,35-39,41,43-46,51H2,1-2H3,(H,52,55)(H,56,57)/b26-24+,34-32+,42-40+. The minimum absolute atomic E-state index is 0.0430. The predicted molar refractivity (Wildman–Crippen MR) is 255 cm³/mol. The molecule has 0 aromatic carbocycles. The molecule has 0 radical (unpaired) electrons. The number of phosphoric acid groups is 1. The number of amides is 1. The van der Waals surface area contributed by atoms with Crippen LogP contribution < -0.4 is 11.1 Å². The van der Waals surface area contributed by atoms with Gasteiger partial charge < -0.3 is 26.2 Å². The molecule has 60 heavy (non-hydrogen) atoms. The zero-order valence-corrected chi connectivity index (χ0v) is 40.0. The van der Waals surface area contributed by atoms with E-state index in [1.807, 2.05) is 6.08 Å². The Morgan fingerprint density at radius 3 is 1.38 bits per heavy atom. The highest BCUT2D eigenvalue weighted by Crippen LogP contribution is 2.43. The van der Waals surface area contributed by atoms with Gasteiger partial charge in [0, 0.05) is 6.54 Å². The summed E-state index contributed by atoms with van der Waals surface area (Å²) in [6.45, 7) is 3.97. The molecule has 0 saturated heterocycles. The quantitative estimate of drug-likeness (QED) is 0.0230. The molecule has 9 nitrogen and oxygen atoms in total. The number of allylic oxidation sites excluding steroid dienone is 5. The molecule has 0 saturated carbocycles. The molecule has 354 valence electrons. The predicted octanol–water partition coefficient (Wildman–Crippen LogP) is 13.6. The van der Waals surface area contributed by atoms with Crippen LogP contribution in [0, 0.1) is 0 Å². The summed E-state index contributed by atoms with van der Waals surface area (Å²) in [5.41, 5.74) is 5.38. The van der Waals surface area contributed by atoms with Gasteiger partial charge in [-0.05, 0) is 44.9 Å². The topological polar surface area (TPSA) is 151 Å². The molecule has 0 heterocycles. The lowest BCUT2D eigenvalue weighted by Gasteiger charge is -2.24. The first-order valence-corrected chi connectivity index (χ1v) is 26.7. The van der Waals surface area contributed by atoms with Gasteiger partial charge in [0.2, 0.25) is 5.91 Å². The maximum Gasteiger partial charge on any atom is 0.472 e. The van der Waals surface area contributed by atoms with Gasteiger partial charge in [0.15, 0.2) is 0 Å². The van der Waals surface area contributed by atoms with E-state index in [-0.39, 0.29) is 19.6 Å². The Balaban J connectivity index is 4.27. The highest BCUT2D eigenvalue weighted by molar-refractivity contribution is 7.47. The number of nitrogens with one attached hydrogen (secondary N) is 1. The first kappa shape index (κ1) is 58.7. The Morgan fingerprint density at radius 2 is 0.950 bits per heavy atom. The van der Waals surface area contributed by atoms with Crippen molar-refractivity contribution in [2.24, 2.45) is 5.73 Å². The Kier molecular flexibility index (Phi) is 44.7. The number of hydrogen-bond acceptors (Lipinski definition) is 7. The van der Waals surface area contributed by atoms with Gasteiger partial charge in [-0.3, -0.25) is 13.8 Å². The lowest BCUT2D eigenvalue weighted by molar-refractivity contribution is -0.124. The molecule has 0 aliphatic heterocycles. The molecule has 10 heteroatoms. The number of carbonyl (C=O) groups excluding carboxylic acids is 1. The Morgan fingerprint density at radius 1 is 0.567 bits per heavy atom. The van der Waals surface area contributed by atoms with Crippen LogP contribution in [0.15, 0.2) is 36.5 Å². The van der Waals surface area contributed by atoms with Crippen LogP contribution in [-0.4, -0.2) is 59.0 Å². The third kappa shape index (κ3) is 43.3. The average Bonchev–Trinajstić information content (AvgIpc) is 3.23.